The number of carbonyl (C=O) groups is 1. The Labute approximate surface area is 153 Å². The van der Waals surface area contributed by atoms with Crippen molar-refractivity contribution in [3.63, 3.8) is 0 Å². The van der Waals surface area contributed by atoms with Crippen LogP contribution in [-0.4, -0.2) is 17.5 Å². The molecular weight excluding hydrogens is 326 g/mol. The average Bonchev–Trinajstić information content (AvgIpc) is 3.30. The maximum Gasteiger partial charge on any atom is 0.276 e. The number of anilines is 1. The molecule has 1 aromatic heterocycles. The zero-order valence-electron chi connectivity index (χ0n) is 14.6. The standard InChI is InChI=1S/C21H23N3O2/c25-21(24-26-14-18-12-16-5-6-17(18)11-16)19-3-1-2-4-20(19)23-13-15-7-9-22-10-8-15/h1-10,16-18,23H,11-14H2,(H,24,25). The Hall–Kier alpha value is -2.66. The molecule has 0 aliphatic heterocycles. The minimum Gasteiger partial charge on any atom is -0.380 e. The number of amides is 1. The molecule has 26 heavy (non-hydrogen) atoms. The number of allylic oxidation sites excluding steroid dienone is 2. The van der Waals surface area contributed by atoms with Crippen LogP contribution in [0.3, 0.4) is 0 Å². The summed E-state index contributed by atoms with van der Waals surface area (Å²) in [6, 6.07) is 11.4. The zero-order valence-corrected chi connectivity index (χ0v) is 14.6. The summed E-state index contributed by atoms with van der Waals surface area (Å²) in [6.45, 7) is 1.20. The third-order valence-electron chi connectivity index (χ3n) is 5.28. The van der Waals surface area contributed by atoms with Crippen molar-refractivity contribution < 1.29 is 9.63 Å². The number of hydrogen-bond donors (Lipinski definition) is 2. The van der Waals surface area contributed by atoms with Crippen molar-refractivity contribution in [1.82, 2.24) is 10.5 Å². The first-order chi connectivity index (χ1) is 12.8. The lowest BCUT2D eigenvalue weighted by molar-refractivity contribution is 0.0125. The van der Waals surface area contributed by atoms with Crippen LogP contribution in [0.25, 0.3) is 0 Å². The first-order valence-corrected chi connectivity index (χ1v) is 9.12. The number of hydrogen-bond acceptors (Lipinski definition) is 4. The molecule has 2 aromatic rings. The number of carbonyl (C=O) groups excluding carboxylic acids is 1. The number of fused-ring (bicyclic) bond motifs is 2. The summed E-state index contributed by atoms with van der Waals surface area (Å²) in [5, 5.41) is 3.31. The second kappa shape index (κ2) is 7.70. The summed E-state index contributed by atoms with van der Waals surface area (Å²) in [5.41, 5.74) is 5.08. The van der Waals surface area contributed by atoms with Crippen molar-refractivity contribution in [2.75, 3.05) is 11.9 Å². The number of benzene rings is 1. The largest absolute Gasteiger partial charge is 0.380 e. The Balaban J connectivity index is 1.31. The van der Waals surface area contributed by atoms with Gasteiger partial charge in [0.15, 0.2) is 0 Å². The van der Waals surface area contributed by atoms with Crippen LogP contribution < -0.4 is 10.8 Å². The third kappa shape index (κ3) is 3.78. The van der Waals surface area contributed by atoms with Crippen molar-refractivity contribution in [3.05, 3.63) is 72.1 Å². The lowest BCUT2D eigenvalue weighted by Gasteiger charge is -2.18. The fourth-order valence-corrected chi connectivity index (χ4v) is 3.89. The number of nitrogens with one attached hydrogen (secondary N) is 2. The first kappa shape index (κ1) is 16.8. The molecule has 0 radical (unpaired) electrons. The predicted molar refractivity (Wildman–Crippen MR) is 100 cm³/mol. The van der Waals surface area contributed by atoms with E-state index in [1.165, 1.54) is 12.8 Å². The minimum atomic E-state index is -0.221. The first-order valence-electron chi connectivity index (χ1n) is 9.12. The molecule has 3 atom stereocenters. The van der Waals surface area contributed by atoms with Gasteiger partial charge in [-0.3, -0.25) is 14.6 Å². The number of rotatable bonds is 7. The second-order valence-corrected chi connectivity index (χ2v) is 7.04. The van der Waals surface area contributed by atoms with Crippen LogP contribution in [0.2, 0.25) is 0 Å². The molecule has 1 saturated carbocycles. The van der Waals surface area contributed by atoms with Crippen molar-refractivity contribution in [2.24, 2.45) is 17.8 Å². The van der Waals surface area contributed by atoms with Crippen molar-refractivity contribution in [3.8, 4) is 0 Å². The highest BCUT2D eigenvalue weighted by atomic mass is 16.7. The molecular formula is C21H23N3O2. The molecule has 5 heteroatoms. The fourth-order valence-electron chi connectivity index (χ4n) is 3.89. The van der Waals surface area contributed by atoms with E-state index < -0.39 is 0 Å². The predicted octanol–water partition coefficient (Wildman–Crippen LogP) is 3.57. The average molecular weight is 349 g/mol. The maximum absolute atomic E-state index is 12.5. The van der Waals surface area contributed by atoms with E-state index in [1.54, 1.807) is 18.5 Å². The van der Waals surface area contributed by atoms with Gasteiger partial charge < -0.3 is 5.32 Å². The Kier molecular flexibility index (Phi) is 4.97. The van der Waals surface area contributed by atoms with Gasteiger partial charge in [0.2, 0.25) is 0 Å². The number of nitrogens with zero attached hydrogens (tertiary/aromatic N) is 1. The fraction of sp³-hybridized carbons (Fsp3) is 0.333. The molecule has 5 nitrogen and oxygen atoms in total. The lowest BCUT2D eigenvalue weighted by Crippen LogP contribution is -2.28. The molecule has 2 aliphatic carbocycles. The minimum absolute atomic E-state index is 0.221. The van der Waals surface area contributed by atoms with Gasteiger partial charge in [0.05, 0.1) is 12.2 Å². The van der Waals surface area contributed by atoms with Crippen LogP contribution in [0.5, 0.6) is 0 Å². The van der Waals surface area contributed by atoms with Gasteiger partial charge in [-0.25, -0.2) is 5.48 Å². The Morgan fingerprint density at radius 3 is 2.73 bits per heavy atom. The molecule has 0 saturated heterocycles. The van der Waals surface area contributed by atoms with E-state index >= 15 is 0 Å². The van der Waals surface area contributed by atoms with Gasteiger partial charge in [0.1, 0.15) is 0 Å². The van der Waals surface area contributed by atoms with Gasteiger partial charge in [-0.2, -0.15) is 0 Å². The molecule has 2 bridgehead atoms. The Morgan fingerprint density at radius 2 is 1.96 bits per heavy atom. The second-order valence-electron chi connectivity index (χ2n) is 7.04. The highest BCUT2D eigenvalue weighted by molar-refractivity contribution is 5.98. The number of hydroxylamine groups is 1. The van der Waals surface area contributed by atoms with E-state index in [4.69, 9.17) is 4.84 Å². The molecule has 0 spiro atoms. The molecule has 4 rings (SSSR count). The van der Waals surface area contributed by atoms with Crippen LogP contribution >= 0.6 is 0 Å². The van der Waals surface area contributed by atoms with Crippen molar-refractivity contribution in [1.29, 1.82) is 0 Å². The topological polar surface area (TPSA) is 63.2 Å². The van der Waals surface area contributed by atoms with Gasteiger partial charge >= 0.3 is 0 Å². The summed E-state index contributed by atoms with van der Waals surface area (Å²) < 4.78 is 0. The van der Waals surface area contributed by atoms with E-state index in [2.05, 4.69) is 27.9 Å². The Morgan fingerprint density at radius 1 is 1.12 bits per heavy atom. The summed E-state index contributed by atoms with van der Waals surface area (Å²) in [7, 11) is 0. The third-order valence-corrected chi connectivity index (χ3v) is 5.28. The number of para-hydroxylation sites is 1. The van der Waals surface area contributed by atoms with Crippen molar-refractivity contribution in [2.45, 2.75) is 19.4 Å². The van der Waals surface area contributed by atoms with E-state index in [1.807, 2.05) is 30.3 Å². The van der Waals surface area contributed by atoms with E-state index in [-0.39, 0.29) is 5.91 Å². The molecule has 1 heterocycles. The number of pyridine rings is 1. The van der Waals surface area contributed by atoms with Gasteiger partial charge in [0.25, 0.3) is 5.91 Å². The summed E-state index contributed by atoms with van der Waals surface area (Å²) in [6.07, 6.45) is 10.5. The van der Waals surface area contributed by atoms with Crippen molar-refractivity contribution >= 4 is 11.6 Å². The molecule has 134 valence electrons. The number of aromatic nitrogens is 1. The summed E-state index contributed by atoms with van der Waals surface area (Å²) >= 11 is 0. The highest BCUT2D eigenvalue weighted by Gasteiger charge is 2.35. The Bertz CT molecular complexity index is 791. The highest BCUT2D eigenvalue weighted by Crippen LogP contribution is 2.43. The normalized spacial score (nSPS) is 23.2. The molecule has 1 amide bonds. The van der Waals surface area contributed by atoms with Crippen LogP contribution in [0.1, 0.15) is 28.8 Å². The van der Waals surface area contributed by atoms with E-state index in [0.717, 1.165) is 11.3 Å². The molecule has 2 aliphatic rings. The molecule has 1 fully saturated rings. The summed E-state index contributed by atoms with van der Waals surface area (Å²) in [4.78, 5) is 22.1. The van der Waals surface area contributed by atoms with Gasteiger partial charge in [-0.05, 0) is 60.4 Å². The van der Waals surface area contributed by atoms with Gasteiger partial charge in [0, 0.05) is 24.6 Å². The maximum atomic E-state index is 12.5. The van der Waals surface area contributed by atoms with E-state index in [0.29, 0.717) is 36.5 Å². The molecule has 3 unspecified atom stereocenters. The lowest BCUT2D eigenvalue weighted by atomic mass is 9.95. The summed E-state index contributed by atoms with van der Waals surface area (Å²) in [5.74, 6) is 1.63. The SMILES string of the molecule is O=C(NOCC1CC2C=CC1C2)c1ccccc1NCc1ccncc1. The van der Waals surface area contributed by atoms with Crippen LogP contribution in [0, 0.1) is 17.8 Å². The van der Waals surface area contributed by atoms with Crippen LogP contribution in [0.15, 0.2) is 60.9 Å². The smallest absolute Gasteiger partial charge is 0.276 e. The monoisotopic (exact) mass is 349 g/mol. The van der Waals surface area contributed by atoms with Gasteiger partial charge in [-0.1, -0.05) is 24.3 Å². The molecule has 2 N–H and O–H groups in total. The quantitative estimate of drug-likeness (QED) is 0.592. The van der Waals surface area contributed by atoms with E-state index in [9.17, 15) is 4.79 Å². The zero-order chi connectivity index (χ0) is 17.8. The molecule has 1 aromatic carbocycles. The van der Waals surface area contributed by atoms with Crippen LogP contribution in [-0.2, 0) is 11.4 Å². The van der Waals surface area contributed by atoms with Crippen LogP contribution in [0.4, 0.5) is 5.69 Å². The van der Waals surface area contributed by atoms with Gasteiger partial charge in [-0.15, -0.1) is 0 Å².